The lowest BCUT2D eigenvalue weighted by Gasteiger charge is -2.20. The number of hydrogen-bond acceptors (Lipinski definition) is 2. The maximum Gasteiger partial charge on any atom is 0.208 e. The molecular weight excluding hydrogens is 236 g/mol. The summed E-state index contributed by atoms with van der Waals surface area (Å²) in [5, 5.41) is 0. The topological polar surface area (TPSA) is 53.6 Å². The van der Waals surface area contributed by atoms with Crippen molar-refractivity contribution in [2.45, 2.75) is 26.2 Å². The molecule has 0 radical (unpaired) electrons. The van der Waals surface area contributed by atoms with Crippen LogP contribution in [0.15, 0.2) is 35.3 Å². The van der Waals surface area contributed by atoms with Crippen molar-refractivity contribution in [2.24, 2.45) is 16.8 Å². The Morgan fingerprint density at radius 1 is 1.42 bits per heavy atom. The molecule has 1 fully saturated rings. The lowest BCUT2D eigenvalue weighted by molar-refractivity contribution is 0.483. The fraction of sp³-hybridized carbons (Fsp3) is 0.533. The monoisotopic (exact) mass is 260 g/mol. The Morgan fingerprint density at radius 3 is 2.79 bits per heavy atom. The minimum atomic E-state index is 0.552. The fourth-order valence-corrected chi connectivity index (χ4v) is 2.46. The van der Waals surface area contributed by atoms with Gasteiger partial charge in [0.25, 0.3) is 0 Å². The van der Waals surface area contributed by atoms with Crippen molar-refractivity contribution in [1.29, 1.82) is 0 Å². The number of rotatable bonds is 3. The second-order valence-electron chi connectivity index (χ2n) is 5.54. The number of nitrogens with zero attached hydrogens (tertiary/aromatic N) is 2. The van der Waals surface area contributed by atoms with Gasteiger partial charge in [0.2, 0.25) is 5.96 Å². The van der Waals surface area contributed by atoms with Crippen LogP contribution in [0.5, 0.6) is 0 Å². The first kappa shape index (κ1) is 13.9. The van der Waals surface area contributed by atoms with Crippen LogP contribution < -0.4 is 11.3 Å². The third-order valence-corrected chi connectivity index (χ3v) is 3.49. The molecule has 1 aromatic carbocycles. The summed E-state index contributed by atoms with van der Waals surface area (Å²) in [6.45, 7) is 7.14. The minimum Gasteiger partial charge on any atom is -0.341 e. The molecule has 0 spiro atoms. The average molecular weight is 260 g/mol. The third kappa shape index (κ3) is 3.70. The molecular formula is C15H24N4. The summed E-state index contributed by atoms with van der Waals surface area (Å²) in [5.41, 5.74) is 4.15. The molecule has 4 nitrogen and oxygen atoms in total. The van der Waals surface area contributed by atoms with Gasteiger partial charge in [0, 0.05) is 25.6 Å². The molecule has 104 valence electrons. The van der Waals surface area contributed by atoms with Crippen LogP contribution in [-0.2, 0) is 0 Å². The van der Waals surface area contributed by atoms with Crippen molar-refractivity contribution < 1.29 is 0 Å². The van der Waals surface area contributed by atoms with Crippen LogP contribution in [0.2, 0.25) is 0 Å². The summed E-state index contributed by atoms with van der Waals surface area (Å²) in [7, 11) is 0. The van der Waals surface area contributed by atoms with Gasteiger partial charge in [-0.2, -0.15) is 0 Å². The average Bonchev–Trinajstić information content (AvgIpc) is 2.90. The van der Waals surface area contributed by atoms with E-state index >= 15 is 0 Å². The quantitative estimate of drug-likeness (QED) is 0.378. The molecule has 2 rings (SSSR count). The fourth-order valence-electron chi connectivity index (χ4n) is 2.46. The highest BCUT2D eigenvalue weighted by atomic mass is 15.4. The van der Waals surface area contributed by atoms with E-state index in [4.69, 9.17) is 5.84 Å². The second-order valence-corrected chi connectivity index (χ2v) is 5.54. The van der Waals surface area contributed by atoms with E-state index in [1.54, 1.807) is 0 Å². The predicted molar refractivity (Wildman–Crippen MR) is 79.8 cm³/mol. The summed E-state index contributed by atoms with van der Waals surface area (Å²) >= 11 is 0. The van der Waals surface area contributed by atoms with E-state index in [0.29, 0.717) is 11.8 Å². The Balaban J connectivity index is 1.99. The van der Waals surface area contributed by atoms with E-state index in [1.165, 1.54) is 5.56 Å². The van der Waals surface area contributed by atoms with Crippen molar-refractivity contribution in [2.75, 3.05) is 19.6 Å². The van der Waals surface area contributed by atoms with Crippen molar-refractivity contribution in [3.8, 4) is 0 Å². The molecule has 1 saturated heterocycles. The van der Waals surface area contributed by atoms with Gasteiger partial charge >= 0.3 is 0 Å². The number of nitrogens with two attached hydrogens (primary N) is 1. The first-order chi connectivity index (χ1) is 9.20. The molecule has 0 bridgehead atoms. The summed E-state index contributed by atoms with van der Waals surface area (Å²) in [6, 6.07) is 10.7. The number of aliphatic imine (C=N–C) groups is 1. The van der Waals surface area contributed by atoms with E-state index in [2.05, 4.69) is 59.5 Å². The summed E-state index contributed by atoms with van der Waals surface area (Å²) in [4.78, 5) is 6.81. The zero-order chi connectivity index (χ0) is 13.7. The molecule has 3 N–H and O–H groups in total. The molecule has 0 aliphatic carbocycles. The highest BCUT2D eigenvalue weighted by Gasteiger charge is 2.25. The number of hydrazine groups is 1. The van der Waals surface area contributed by atoms with Gasteiger partial charge in [-0.3, -0.25) is 10.4 Å². The Kier molecular flexibility index (Phi) is 4.80. The van der Waals surface area contributed by atoms with Crippen LogP contribution in [0.25, 0.3) is 0 Å². The second kappa shape index (κ2) is 6.57. The molecule has 0 saturated carbocycles. The highest BCUT2D eigenvalue weighted by molar-refractivity contribution is 5.79. The van der Waals surface area contributed by atoms with Crippen LogP contribution >= 0.6 is 0 Å². The first-order valence-corrected chi connectivity index (χ1v) is 7.01. The van der Waals surface area contributed by atoms with Gasteiger partial charge in [0.15, 0.2) is 0 Å². The first-order valence-electron chi connectivity index (χ1n) is 7.01. The smallest absolute Gasteiger partial charge is 0.208 e. The molecule has 1 aromatic rings. The van der Waals surface area contributed by atoms with Crippen molar-refractivity contribution in [1.82, 2.24) is 10.3 Å². The van der Waals surface area contributed by atoms with Crippen LogP contribution in [0, 0.1) is 5.92 Å². The van der Waals surface area contributed by atoms with Crippen molar-refractivity contribution in [3.63, 3.8) is 0 Å². The van der Waals surface area contributed by atoms with Gasteiger partial charge in [-0.15, -0.1) is 0 Å². The molecule has 1 atom stereocenters. The highest BCUT2D eigenvalue weighted by Crippen LogP contribution is 2.26. The summed E-state index contributed by atoms with van der Waals surface area (Å²) in [6.07, 6.45) is 1.16. The maximum atomic E-state index is 5.60. The Morgan fingerprint density at radius 2 is 2.16 bits per heavy atom. The number of likely N-dealkylation sites (tertiary alicyclic amines) is 1. The van der Waals surface area contributed by atoms with Crippen LogP contribution in [0.4, 0.5) is 0 Å². The number of guanidine groups is 1. The molecule has 1 aliphatic heterocycles. The SMILES string of the molecule is CC(C)CN=C(NN)N1CCC(c2ccccc2)C1. The van der Waals surface area contributed by atoms with E-state index in [0.717, 1.165) is 32.0 Å². The van der Waals surface area contributed by atoms with Gasteiger partial charge in [0.05, 0.1) is 0 Å². The molecule has 1 unspecified atom stereocenters. The number of benzene rings is 1. The third-order valence-electron chi connectivity index (χ3n) is 3.49. The predicted octanol–water partition coefficient (Wildman–Crippen LogP) is 1.95. The van der Waals surface area contributed by atoms with Crippen LogP contribution in [-0.4, -0.2) is 30.5 Å². The molecule has 0 amide bonds. The van der Waals surface area contributed by atoms with E-state index < -0.39 is 0 Å². The zero-order valence-electron chi connectivity index (χ0n) is 11.8. The van der Waals surface area contributed by atoms with Crippen molar-refractivity contribution in [3.05, 3.63) is 35.9 Å². The van der Waals surface area contributed by atoms with Gasteiger partial charge in [-0.25, -0.2) is 5.84 Å². The molecule has 1 heterocycles. The maximum absolute atomic E-state index is 5.60. The lowest BCUT2D eigenvalue weighted by Crippen LogP contribution is -2.43. The normalized spacial score (nSPS) is 20.1. The largest absolute Gasteiger partial charge is 0.341 e. The van der Waals surface area contributed by atoms with Gasteiger partial charge in [-0.1, -0.05) is 44.2 Å². The Labute approximate surface area is 115 Å². The lowest BCUT2D eigenvalue weighted by atomic mass is 9.99. The Hall–Kier alpha value is -1.55. The van der Waals surface area contributed by atoms with Gasteiger partial charge < -0.3 is 4.90 Å². The Bertz CT molecular complexity index is 413. The number of nitrogens with one attached hydrogen (secondary N) is 1. The summed E-state index contributed by atoms with van der Waals surface area (Å²) < 4.78 is 0. The van der Waals surface area contributed by atoms with Crippen molar-refractivity contribution >= 4 is 5.96 Å². The summed E-state index contributed by atoms with van der Waals surface area (Å²) in [5.74, 6) is 7.56. The van der Waals surface area contributed by atoms with E-state index in [1.807, 2.05) is 0 Å². The van der Waals surface area contributed by atoms with Gasteiger partial charge in [-0.05, 0) is 17.9 Å². The zero-order valence-corrected chi connectivity index (χ0v) is 11.8. The van der Waals surface area contributed by atoms with Crippen LogP contribution in [0.1, 0.15) is 31.7 Å². The van der Waals surface area contributed by atoms with E-state index in [-0.39, 0.29) is 0 Å². The standard InChI is InChI=1S/C15H24N4/c1-12(2)10-17-15(18-16)19-9-8-14(11-19)13-6-4-3-5-7-13/h3-7,12,14H,8-11,16H2,1-2H3,(H,17,18). The van der Waals surface area contributed by atoms with Crippen LogP contribution in [0.3, 0.4) is 0 Å². The molecule has 0 aromatic heterocycles. The molecule has 1 aliphatic rings. The molecule has 4 heteroatoms. The molecule has 19 heavy (non-hydrogen) atoms. The van der Waals surface area contributed by atoms with Gasteiger partial charge in [0.1, 0.15) is 0 Å². The minimum absolute atomic E-state index is 0.552. The van der Waals surface area contributed by atoms with E-state index in [9.17, 15) is 0 Å². The number of hydrogen-bond donors (Lipinski definition) is 2.